The third kappa shape index (κ3) is 8.93. The Morgan fingerprint density at radius 1 is 0.727 bits per heavy atom. The molecule has 4 aromatic rings. The second kappa shape index (κ2) is 14.1. The first-order valence-electron chi connectivity index (χ1n) is 15.4. The van der Waals surface area contributed by atoms with E-state index in [4.69, 9.17) is 9.47 Å². The van der Waals surface area contributed by atoms with Crippen molar-refractivity contribution >= 4 is 12.0 Å². The third-order valence-corrected chi connectivity index (χ3v) is 7.77. The molecular formula is C40H46O4. The molecule has 0 bridgehead atoms. The van der Waals surface area contributed by atoms with Crippen molar-refractivity contribution in [2.45, 2.75) is 71.8 Å². The molecule has 1 atom stereocenters. The quantitative estimate of drug-likeness (QED) is 0.189. The lowest BCUT2D eigenvalue weighted by atomic mass is 9.85. The number of hydrogen-bond donors (Lipinski definition) is 1. The van der Waals surface area contributed by atoms with Crippen LogP contribution in [-0.4, -0.2) is 30.4 Å². The Kier molecular flexibility index (Phi) is 10.5. The van der Waals surface area contributed by atoms with Gasteiger partial charge in [0.1, 0.15) is 12.4 Å². The van der Waals surface area contributed by atoms with Crippen molar-refractivity contribution in [1.82, 2.24) is 0 Å². The second-order valence-corrected chi connectivity index (χ2v) is 13.3. The van der Waals surface area contributed by atoms with Gasteiger partial charge in [-0.2, -0.15) is 0 Å². The van der Waals surface area contributed by atoms with Crippen LogP contribution in [-0.2, 0) is 26.8 Å². The molecule has 230 valence electrons. The highest BCUT2D eigenvalue weighted by Crippen LogP contribution is 2.32. The number of carboxylic acid groups (broad SMARTS) is 1. The van der Waals surface area contributed by atoms with E-state index in [1.54, 1.807) is 6.92 Å². The van der Waals surface area contributed by atoms with E-state index in [0.717, 1.165) is 16.9 Å². The molecule has 4 rings (SSSR count). The van der Waals surface area contributed by atoms with Gasteiger partial charge in [0.2, 0.25) is 0 Å². The smallest absolute Gasteiger partial charge is 0.333 e. The van der Waals surface area contributed by atoms with Crippen LogP contribution in [0.3, 0.4) is 0 Å². The van der Waals surface area contributed by atoms with E-state index in [1.165, 1.54) is 33.4 Å². The van der Waals surface area contributed by atoms with Gasteiger partial charge >= 0.3 is 5.97 Å². The van der Waals surface area contributed by atoms with Gasteiger partial charge < -0.3 is 14.6 Å². The van der Waals surface area contributed by atoms with E-state index >= 15 is 0 Å². The summed E-state index contributed by atoms with van der Waals surface area (Å²) in [5.74, 6) is -0.220. The number of rotatable bonds is 11. The average Bonchev–Trinajstić information content (AvgIpc) is 2.99. The van der Waals surface area contributed by atoms with Gasteiger partial charge in [0.15, 0.2) is 6.10 Å². The zero-order valence-corrected chi connectivity index (χ0v) is 27.2. The summed E-state index contributed by atoms with van der Waals surface area (Å²) in [7, 11) is 0. The van der Waals surface area contributed by atoms with Gasteiger partial charge in [-0.05, 0) is 98.7 Å². The number of benzene rings is 4. The van der Waals surface area contributed by atoms with Crippen molar-refractivity contribution in [2.75, 3.05) is 13.2 Å². The van der Waals surface area contributed by atoms with Crippen molar-refractivity contribution in [3.8, 4) is 28.0 Å². The molecule has 1 unspecified atom stereocenters. The molecule has 0 aliphatic rings. The van der Waals surface area contributed by atoms with Gasteiger partial charge in [0, 0.05) is 13.0 Å². The van der Waals surface area contributed by atoms with E-state index in [2.05, 4.69) is 114 Å². The minimum Gasteiger partial charge on any atom is -0.490 e. The Morgan fingerprint density at radius 2 is 1.23 bits per heavy atom. The summed E-state index contributed by atoms with van der Waals surface area (Å²) in [4.78, 5) is 11.4. The maximum atomic E-state index is 11.4. The molecule has 1 N–H and O–H groups in total. The van der Waals surface area contributed by atoms with Gasteiger partial charge in [0.25, 0.3) is 0 Å². The van der Waals surface area contributed by atoms with Crippen molar-refractivity contribution in [2.24, 2.45) is 0 Å². The van der Waals surface area contributed by atoms with Crippen LogP contribution in [0.25, 0.3) is 28.3 Å². The van der Waals surface area contributed by atoms with Crippen LogP contribution < -0.4 is 4.74 Å². The predicted molar refractivity (Wildman–Crippen MR) is 182 cm³/mol. The first-order chi connectivity index (χ1) is 20.8. The summed E-state index contributed by atoms with van der Waals surface area (Å²) in [5, 5.41) is 9.34. The number of carbonyl (C=O) groups is 1. The molecule has 4 aromatic carbocycles. The van der Waals surface area contributed by atoms with Crippen LogP contribution >= 0.6 is 0 Å². The van der Waals surface area contributed by atoms with Gasteiger partial charge in [-0.15, -0.1) is 0 Å². The van der Waals surface area contributed by atoms with E-state index < -0.39 is 12.1 Å². The summed E-state index contributed by atoms with van der Waals surface area (Å²) >= 11 is 0. The Balaban J connectivity index is 1.53. The lowest BCUT2D eigenvalue weighted by molar-refractivity contribution is -0.149. The number of hydrogen-bond acceptors (Lipinski definition) is 3. The van der Waals surface area contributed by atoms with E-state index in [-0.39, 0.29) is 10.8 Å². The van der Waals surface area contributed by atoms with E-state index in [0.29, 0.717) is 19.6 Å². The van der Waals surface area contributed by atoms with E-state index in [1.807, 2.05) is 30.3 Å². The van der Waals surface area contributed by atoms with Gasteiger partial charge in [-0.3, -0.25) is 0 Å². The van der Waals surface area contributed by atoms with Crippen LogP contribution in [0.1, 0.15) is 70.7 Å². The molecule has 44 heavy (non-hydrogen) atoms. The Labute approximate surface area is 263 Å². The summed E-state index contributed by atoms with van der Waals surface area (Å²) in [6, 6.07) is 32.0. The largest absolute Gasteiger partial charge is 0.490 e. The Bertz CT molecular complexity index is 1470. The van der Waals surface area contributed by atoms with Crippen LogP contribution in [0, 0.1) is 0 Å². The van der Waals surface area contributed by atoms with Crippen molar-refractivity contribution in [3.05, 3.63) is 119 Å². The zero-order valence-electron chi connectivity index (χ0n) is 27.2. The van der Waals surface area contributed by atoms with Crippen LogP contribution in [0.4, 0.5) is 0 Å². The van der Waals surface area contributed by atoms with Crippen molar-refractivity contribution in [1.29, 1.82) is 0 Å². The summed E-state index contributed by atoms with van der Waals surface area (Å²) in [6.07, 6.45) is 3.61. The Morgan fingerprint density at radius 3 is 1.66 bits per heavy atom. The molecule has 0 aliphatic heterocycles. The fourth-order valence-electron chi connectivity index (χ4n) is 5.09. The van der Waals surface area contributed by atoms with Gasteiger partial charge in [0.05, 0.1) is 0 Å². The third-order valence-electron chi connectivity index (χ3n) is 7.77. The Hall–Kier alpha value is -4.15. The maximum absolute atomic E-state index is 11.4. The molecule has 0 heterocycles. The molecule has 0 saturated heterocycles. The van der Waals surface area contributed by atoms with Crippen LogP contribution in [0.15, 0.2) is 97.1 Å². The molecule has 4 nitrogen and oxygen atoms in total. The second-order valence-electron chi connectivity index (χ2n) is 13.3. The number of aliphatic carboxylic acids is 1. The zero-order chi connectivity index (χ0) is 31.9. The summed E-state index contributed by atoms with van der Waals surface area (Å²) in [5.41, 5.74) is 9.56. The molecule has 0 radical (unpaired) electrons. The van der Waals surface area contributed by atoms with Crippen molar-refractivity contribution in [3.63, 3.8) is 0 Å². The molecular weight excluding hydrogens is 544 g/mol. The fraction of sp³-hybridized carbons (Fsp3) is 0.325. The first kappa shape index (κ1) is 32.8. The monoisotopic (exact) mass is 590 g/mol. The van der Waals surface area contributed by atoms with Crippen LogP contribution in [0.2, 0.25) is 0 Å². The minimum atomic E-state index is -0.951. The minimum absolute atomic E-state index is 0.105. The number of ether oxygens (including phenoxy) is 2. The lowest BCUT2D eigenvalue weighted by Crippen LogP contribution is -2.26. The van der Waals surface area contributed by atoms with Crippen LogP contribution in [0.5, 0.6) is 5.75 Å². The molecule has 0 aromatic heterocycles. The normalized spacial score (nSPS) is 12.8. The molecule has 4 heteroatoms. The molecule has 0 amide bonds. The SMILES string of the molecule is CCOC(Cc1ccc(OC/C=C/c2cc(-c3ccc(C(C)(C)C)cc3)cc(-c3ccc(C(C)(C)C)cc3)c2)cc1)C(=O)O. The molecule has 0 saturated carbocycles. The lowest BCUT2D eigenvalue weighted by Gasteiger charge is -2.20. The maximum Gasteiger partial charge on any atom is 0.333 e. The topological polar surface area (TPSA) is 55.8 Å². The fourth-order valence-corrected chi connectivity index (χ4v) is 5.09. The average molecular weight is 591 g/mol. The van der Waals surface area contributed by atoms with Gasteiger partial charge in [-0.1, -0.05) is 108 Å². The molecule has 0 fully saturated rings. The summed E-state index contributed by atoms with van der Waals surface area (Å²) < 4.78 is 11.3. The highest BCUT2D eigenvalue weighted by atomic mass is 16.5. The first-order valence-corrected chi connectivity index (χ1v) is 15.4. The summed E-state index contributed by atoms with van der Waals surface area (Å²) in [6.45, 7) is 16.0. The van der Waals surface area contributed by atoms with Gasteiger partial charge in [-0.25, -0.2) is 4.79 Å². The standard InChI is InChI=1S/C40H46O4/c1-8-43-37(38(41)42)26-28-11-21-36(22-12-28)44-23-9-10-29-24-32(30-13-17-34(18-14-30)39(2,3)4)27-33(25-29)31-15-19-35(20-16-31)40(5,6)7/h9-22,24-25,27,37H,8,23,26H2,1-7H3,(H,41,42)/b10-9+. The molecule has 0 aliphatic carbocycles. The van der Waals surface area contributed by atoms with Crippen molar-refractivity contribution < 1.29 is 19.4 Å². The molecule has 0 spiro atoms. The predicted octanol–water partition coefficient (Wildman–Crippen LogP) is 9.74. The van der Waals surface area contributed by atoms with E-state index in [9.17, 15) is 9.90 Å². The highest BCUT2D eigenvalue weighted by Gasteiger charge is 2.18. The number of carboxylic acids is 1. The highest BCUT2D eigenvalue weighted by molar-refractivity contribution is 5.77.